The van der Waals surface area contributed by atoms with E-state index in [0.717, 1.165) is 33.8 Å². The van der Waals surface area contributed by atoms with Crippen LogP contribution in [-0.2, 0) is 0 Å². The smallest absolute Gasteiger partial charge is 0.155 e. The average Bonchev–Trinajstić information content (AvgIpc) is 2.98. The van der Waals surface area contributed by atoms with E-state index < -0.39 is 6.23 Å². The van der Waals surface area contributed by atoms with E-state index in [9.17, 15) is 10.4 Å². The van der Waals surface area contributed by atoms with E-state index in [0.29, 0.717) is 5.56 Å². The Hall–Kier alpha value is -3.55. The third kappa shape index (κ3) is 3.05. The number of hydrogen-bond donors (Lipinski definition) is 2. The van der Waals surface area contributed by atoms with Crippen LogP contribution in [0.25, 0.3) is 11.3 Å². The lowest BCUT2D eigenvalue weighted by Gasteiger charge is -2.21. The number of nitrogens with zero attached hydrogens (tertiary/aromatic N) is 2. The van der Waals surface area contributed by atoms with Crippen LogP contribution in [-0.4, -0.2) is 18.4 Å². The van der Waals surface area contributed by atoms with Crippen molar-refractivity contribution in [1.82, 2.24) is 0 Å². The van der Waals surface area contributed by atoms with Crippen LogP contribution in [0.2, 0.25) is 0 Å². The zero-order valence-corrected chi connectivity index (χ0v) is 14.9. The molecule has 0 amide bonds. The van der Waals surface area contributed by atoms with Crippen LogP contribution in [0.1, 0.15) is 16.7 Å². The van der Waals surface area contributed by atoms with Gasteiger partial charge in [0.05, 0.1) is 17.3 Å². The van der Waals surface area contributed by atoms with Crippen LogP contribution >= 0.6 is 0 Å². The third-order valence-corrected chi connectivity index (χ3v) is 4.79. The summed E-state index contributed by atoms with van der Waals surface area (Å²) < 4.78 is 0. The van der Waals surface area contributed by atoms with Gasteiger partial charge in [0.2, 0.25) is 0 Å². The van der Waals surface area contributed by atoms with Crippen LogP contribution < -0.4 is 10.2 Å². The molecule has 0 saturated heterocycles. The first-order chi connectivity index (χ1) is 13.2. The van der Waals surface area contributed by atoms with Crippen molar-refractivity contribution < 1.29 is 5.11 Å². The van der Waals surface area contributed by atoms with Crippen LogP contribution in [0.3, 0.4) is 0 Å². The molecule has 0 aliphatic carbocycles. The molecule has 0 saturated carbocycles. The average molecular weight is 353 g/mol. The quantitative estimate of drug-likeness (QED) is 0.737. The largest absolute Gasteiger partial charge is 0.369 e. The molecule has 0 radical (unpaired) electrons. The molecule has 0 aromatic heterocycles. The van der Waals surface area contributed by atoms with Crippen molar-refractivity contribution in [3.8, 4) is 6.07 Å². The number of aliphatic hydroxyl groups excluding tert-OH is 1. The summed E-state index contributed by atoms with van der Waals surface area (Å²) in [5.41, 5.74) is 5.99. The van der Waals surface area contributed by atoms with E-state index >= 15 is 0 Å². The molecule has 1 atom stereocenters. The number of nitriles is 1. The number of para-hydroxylation sites is 1. The molecule has 4 heteroatoms. The predicted octanol–water partition coefficient (Wildman–Crippen LogP) is 4.31. The maximum atomic E-state index is 11.0. The molecule has 27 heavy (non-hydrogen) atoms. The molecule has 4 rings (SSSR count). The van der Waals surface area contributed by atoms with E-state index in [1.165, 1.54) is 0 Å². The Labute approximate surface area is 158 Å². The van der Waals surface area contributed by atoms with E-state index in [2.05, 4.69) is 11.4 Å². The summed E-state index contributed by atoms with van der Waals surface area (Å²) in [6.07, 6.45) is -0.760. The maximum absolute atomic E-state index is 11.0. The topological polar surface area (TPSA) is 59.3 Å². The van der Waals surface area contributed by atoms with Crippen molar-refractivity contribution in [3.63, 3.8) is 0 Å². The number of fused-ring (bicyclic) bond motifs is 1. The highest BCUT2D eigenvalue weighted by molar-refractivity contribution is 6.03. The summed E-state index contributed by atoms with van der Waals surface area (Å²) in [7, 11) is 1.88. The van der Waals surface area contributed by atoms with Crippen molar-refractivity contribution in [1.29, 1.82) is 5.26 Å². The molecule has 1 aliphatic rings. The molecule has 4 nitrogen and oxygen atoms in total. The van der Waals surface area contributed by atoms with Gasteiger partial charge >= 0.3 is 0 Å². The molecular formula is C23H19N3O. The van der Waals surface area contributed by atoms with E-state index in [-0.39, 0.29) is 0 Å². The molecule has 0 bridgehead atoms. The van der Waals surface area contributed by atoms with Gasteiger partial charge in [-0.1, -0.05) is 54.6 Å². The minimum atomic E-state index is -0.760. The number of likely N-dealkylation sites (N-methyl/N-ethyl adjacent to an activating group) is 1. The molecule has 1 unspecified atom stereocenters. The Morgan fingerprint density at radius 3 is 2.52 bits per heavy atom. The number of anilines is 2. The van der Waals surface area contributed by atoms with Gasteiger partial charge in [0.25, 0.3) is 0 Å². The lowest BCUT2D eigenvalue weighted by atomic mass is 9.99. The lowest BCUT2D eigenvalue weighted by molar-refractivity contribution is 0.238. The van der Waals surface area contributed by atoms with E-state index in [1.54, 1.807) is 12.1 Å². The summed E-state index contributed by atoms with van der Waals surface area (Å²) in [4.78, 5) is 1.86. The molecule has 0 fully saturated rings. The third-order valence-electron chi connectivity index (χ3n) is 4.79. The normalized spacial score (nSPS) is 17.2. The van der Waals surface area contributed by atoms with Gasteiger partial charge in [-0.05, 0) is 29.8 Å². The van der Waals surface area contributed by atoms with Crippen molar-refractivity contribution in [2.75, 3.05) is 17.3 Å². The first kappa shape index (κ1) is 16.9. The second-order valence-corrected chi connectivity index (χ2v) is 6.47. The van der Waals surface area contributed by atoms with Crippen LogP contribution in [0.4, 0.5) is 11.4 Å². The molecular weight excluding hydrogens is 334 g/mol. The van der Waals surface area contributed by atoms with Crippen molar-refractivity contribution in [2.45, 2.75) is 6.23 Å². The summed E-state index contributed by atoms with van der Waals surface area (Å²) in [6, 6.07) is 27.4. The fourth-order valence-corrected chi connectivity index (χ4v) is 3.45. The zero-order valence-electron chi connectivity index (χ0n) is 14.9. The Morgan fingerprint density at radius 1 is 1.00 bits per heavy atom. The maximum Gasteiger partial charge on any atom is 0.155 e. The Morgan fingerprint density at radius 2 is 1.74 bits per heavy atom. The van der Waals surface area contributed by atoms with Crippen LogP contribution in [0, 0.1) is 11.3 Å². The van der Waals surface area contributed by atoms with Crippen molar-refractivity contribution in [3.05, 3.63) is 95.6 Å². The molecule has 3 aromatic carbocycles. The first-order valence-electron chi connectivity index (χ1n) is 8.76. The van der Waals surface area contributed by atoms with Gasteiger partial charge in [-0.3, -0.25) is 0 Å². The van der Waals surface area contributed by atoms with Crippen molar-refractivity contribution in [2.24, 2.45) is 0 Å². The minimum Gasteiger partial charge on any atom is -0.369 e. The highest BCUT2D eigenvalue weighted by Gasteiger charge is 2.32. The Kier molecular flexibility index (Phi) is 4.37. The minimum absolute atomic E-state index is 0.585. The summed E-state index contributed by atoms with van der Waals surface area (Å²) >= 11 is 0. The highest BCUT2D eigenvalue weighted by atomic mass is 16.3. The molecule has 0 spiro atoms. The number of benzene rings is 3. The molecule has 132 valence electrons. The first-order valence-corrected chi connectivity index (χ1v) is 8.76. The fourth-order valence-electron chi connectivity index (χ4n) is 3.45. The number of aliphatic hydroxyl groups is 1. The number of hydrogen-bond acceptors (Lipinski definition) is 4. The van der Waals surface area contributed by atoms with Gasteiger partial charge in [-0.15, -0.1) is 0 Å². The number of rotatable bonds is 3. The van der Waals surface area contributed by atoms with Gasteiger partial charge in [-0.2, -0.15) is 5.26 Å². The van der Waals surface area contributed by atoms with E-state index in [1.807, 2.05) is 78.7 Å². The zero-order chi connectivity index (χ0) is 18.8. The van der Waals surface area contributed by atoms with Gasteiger partial charge in [0, 0.05) is 29.6 Å². The second kappa shape index (κ2) is 6.99. The fraction of sp³-hybridized carbons (Fsp3) is 0.0870. The molecule has 3 aromatic rings. The Balaban J connectivity index is 1.91. The van der Waals surface area contributed by atoms with Crippen LogP contribution in [0.15, 0.2) is 78.9 Å². The van der Waals surface area contributed by atoms with E-state index in [4.69, 9.17) is 0 Å². The van der Waals surface area contributed by atoms with Gasteiger partial charge < -0.3 is 15.3 Å². The monoisotopic (exact) mass is 353 g/mol. The summed E-state index contributed by atoms with van der Waals surface area (Å²) in [5.74, 6) is 0. The summed E-state index contributed by atoms with van der Waals surface area (Å²) in [6.45, 7) is 0. The molecule has 1 aliphatic heterocycles. The van der Waals surface area contributed by atoms with Gasteiger partial charge in [0.15, 0.2) is 6.23 Å². The number of nitrogens with one attached hydrogen (secondary N) is 1. The lowest BCUT2D eigenvalue weighted by Crippen LogP contribution is -2.27. The standard InChI is InChI=1S/C23H19N3O/c1-26-20-13-6-5-12-19(20)21(23(26)27)22(17-9-3-2-4-10-17)25-18-11-7-8-16(14-18)15-24/h2-14,23,25,27H,1H3/b22-21-. The molecule has 2 N–H and O–H groups in total. The predicted molar refractivity (Wildman–Crippen MR) is 109 cm³/mol. The second-order valence-electron chi connectivity index (χ2n) is 6.47. The summed E-state index contributed by atoms with van der Waals surface area (Å²) in [5, 5.41) is 23.6. The van der Waals surface area contributed by atoms with Crippen LogP contribution in [0.5, 0.6) is 0 Å². The van der Waals surface area contributed by atoms with Gasteiger partial charge in [0.1, 0.15) is 0 Å². The van der Waals surface area contributed by atoms with Crippen molar-refractivity contribution >= 4 is 22.6 Å². The SMILES string of the molecule is CN1c2ccccc2/C(=C(/Nc2cccc(C#N)c2)c2ccccc2)C1O. The molecule has 1 heterocycles. The van der Waals surface area contributed by atoms with Gasteiger partial charge in [-0.25, -0.2) is 0 Å². The highest BCUT2D eigenvalue weighted by Crippen LogP contribution is 2.42. The Bertz CT molecular complexity index is 1050.